The topological polar surface area (TPSA) is 76.1 Å². The zero-order valence-corrected chi connectivity index (χ0v) is 11.5. The third-order valence-electron chi connectivity index (χ3n) is 2.15. The monoisotopic (exact) mass is 310 g/mol. The number of rotatable bonds is 4. The van der Waals surface area contributed by atoms with Crippen molar-refractivity contribution in [3.8, 4) is 0 Å². The van der Waals surface area contributed by atoms with Crippen molar-refractivity contribution in [2.24, 2.45) is 0 Å². The third kappa shape index (κ3) is 4.48. The predicted octanol–water partition coefficient (Wildman–Crippen LogP) is 1.40. The van der Waals surface area contributed by atoms with Gasteiger partial charge >= 0.3 is 6.18 Å². The fraction of sp³-hybridized carbons (Fsp3) is 0.455. The number of hydrogen-bond donors (Lipinski definition) is 1. The first kappa shape index (κ1) is 16.4. The summed E-state index contributed by atoms with van der Waals surface area (Å²) in [7, 11) is -4.06. The Balaban J connectivity index is 2.91. The normalized spacial score (nSPS) is 12.5. The van der Waals surface area contributed by atoms with E-state index in [9.17, 15) is 26.4 Å². The molecule has 1 rings (SSSR count). The summed E-state index contributed by atoms with van der Waals surface area (Å²) in [5, 5.41) is 1.81. The lowest BCUT2D eigenvalue weighted by atomic mass is 10.3. The summed E-state index contributed by atoms with van der Waals surface area (Å²) >= 11 is 0. The number of sulfone groups is 1. The standard InChI is InChI=1S/C11H13F3N2O3S/c1-7(2)16-9(17)6-20(18,19)10-4-3-8(5-15-10)11(12,13)14/h3-5,7H,6H2,1-2H3,(H,16,17). The Hall–Kier alpha value is -1.64. The Labute approximate surface area is 114 Å². The maximum Gasteiger partial charge on any atom is 0.417 e. The molecule has 0 saturated carbocycles. The highest BCUT2D eigenvalue weighted by molar-refractivity contribution is 7.92. The van der Waals surface area contributed by atoms with Crippen molar-refractivity contribution in [2.45, 2.75) is 31.1 Å². The second kappa shape index (κ2) is 5.78. The van der Waals surface area contributed by atoms with Gasteiger partial charge in [-0.3, -0.25) is 4.79 Å². The minimum Gasteiger partial charge on any atom is -0.353 e. The van der Waals surface area contributed by atoms with Gasteiger partial charge in [0.15, 0.2) is 5.03 Å². The first-order valence-electron chi connectivity index (χ1n) is 5.58. The summed E-state index contributed by atoms with van der Waals surface area (Å²) < 4.78 is 60.5. The molecule has 9 heteroatoms. The van der Waals surface area contributed by atoms with Gasteiger partial charge in [-0.15, -0.1) is 0 Å². The second-order valence-electron chi connectivity index (χ2n) is 4.36. The van der Waals surface area contributed by atoms with E-state index in [1.54, 1.807) is 13.8 Å². The average Bonchev–Trinajstić information content (AvgIpc) is 2.26. The quantitative estimate of drug-likeness (QED) is 0.912. The van der Waals surface area contributed by atoms with E-state index < -0.39 is 38.3 Å². The number of halogens is 3. The molecule has 5 nitrogen and oxygen atoms in total. The number of nitrogens with one attached hydrogen (secondary N) is 1. The smallest absolute Gasteiger partial charge is 0.353 e. The SMILES string of the molecule is CC(C)NC(=O)CS(=O)(=O)c1ccc(C(F)(F)F)cn1. The lowest BCUT2D eigenvalue weighted by Crippen LogP contribution is -2.35. The Morgan fingerprint density at radius 1 is 1.35 bits per heavy atom. The molecule has 112 valence electrons. The van der Waals surface area contributed by atoms with Crippen molar-refractivity contribution in [1.82, 2.24) is 10.3 Å². The Bertz CT molecular complexity index is 580. The number of hydrogen-bond acceptors (Lipinski definition) is 4. The zero-order valence-electron chi connectivity index (χ0n) is 10.7. The molecule has 0 fully saturated rings. The van der Waals surface area contributed by atoms with E-state index in [4.69, 9.17) is 0 Å². The molecule has 0 aliphatic rings. The maximum atomic E-state index is 12.3. The van der Waals surface area contributed by atoms with E-state index in [-0.39, 0.29) is 6.04 Å². The summed E-state index contributed by atoms with van der Waals surface area (Å²) in [6, 6.07) is 1.11. The van der Waals surface area contributed by atoms with Crippen molar-refractivity contribution in [1.29, 1.82) is 0 Å². The molecule has 20 heavy (non-hydrogen) atoms. The minimum absolute atomic E-state index is 0.238. The Morgan fingerprint density at radius 2 is 1.95 bits per heavy atom. The van der Waals surface area contributed by atoms with E-state index >= 15 is 0 Å². The van der Waals surface area contributed by atoms with Gasteiger partial charge in [0, 0.05) is 12.2 Å². The average molecular weight is 310 g/mol. The summed E-state index contributed by atoms with van der Waals surface area (Å²) in [6.07, 6.45) is -4.17. The fourth-order valence-electron chi connectivity index (χ4n) is 1.34. The van der Waals surface area contributed by atoms with Crippen molar-refractivity contribution in [3.63, 3.8) is 0 Å². The molecular formula is C11H13F3N2O3S. The molecule has 1 N–H and O–H groups in total. The van der Waals surface area contributed by atoms with Gasteiger partial charge in [-0.05, 0) is 26.0 Å². The molecule has 0 bridgehead atoms. The number of alkyl halides is 3. The van der Waals surface area contributed by atoms with Gasteiger partial charge in [0.2, 0.25) is 15.7 Å². The van der Waals surface area contributed by atoms with Crippen LogP contribution < -0.4 is 5.32 Å². The maximum absolute atomic E-state index is 12.3. The van der Waals surface area contributed by atoms with E-state index in [1.807, 2.05) is 0 Å². The molecule has 1 amide bonds. The van der Waals surface area contributed by atoms with Crippen LogP contribution in [0.4, 0.5) is 13.2 Å². The van der Waals surface area contributed by atoms with Crippen LogP contribution in [0.2, 0.25) is 0 Å². The van der Waals surface area contributed by atoms with Crippen molar-refractivity contribution in [3.05, 3.63) is 23.9 Å². The van der Waals surface area contributed by atoms with E-state index in [2.05, 4.69) is 10.3 Å². The third-order valence-corrected chi connectivity index (χ3v) is 3.67. The highest BCUT2D eigenvalue weighted by Gasteiger charge is 2.31. The van der Waals surface area contributed by atoms with Gasteiger partial charge < -0.3 is 5.32 Å². The van der Waals surface area contributed by atoms with Crippen LogP contribution in [0.25, 0.3) is 0 Å². The van der Waals surface area contributed by atoms with Gasteiger partial charge in [0.25, 0.3) is 0 Å². The van der Waals surface area contributed by atoms with E-state index in [1.165, 1.54) is 0 Å². The molecule has 0 aliphatic heterocycles. The first-order chi connectivity index (χ1) is 9.02. The van der Waals surface area contributed by atoms with Crippen LogP contribution in [0.15, 0.2) is 23.4 Å². The van der Waals surface area contributed by atoms with Gasteiger partial charge in [0.1, 0.15) is 5.75 Å². The van der Waals surface area contributed by atoms with Crippen LogP contribution in [0.5, 0.6) is 0 Å². The summed E-state index contributed by atoms with van der Waals surface area (Å²) in [5.41, 5.74) is -1.05. The number of carbonyl (C=O) groups is 1. The minimum atomic E-state index is -4.59. The second-order valence-corrected chi connectivity index (χ2v) is 6.30. The van der Waals surface area contributed by atoms with Crippen LogP contribution in [-0.4, -0.2) is 31.1 Å². The molecule has 0 spiro atoms. The molecule has 1 aromatic heterocycles. The van der Waals surface area contributed by atoms with Crippen molar-refractivity contribution in [2.75, 3.05) is 5.75 Å². The molecule has 1 aromatic rings. The van der Waals surface area contributed by atoms with Crippen molar-refractivity contribution >= 4 is 15.7 Å². The number of aromatic nitrogens is 1. The number of amides is 1. The van der Waals surface area contributed by atoms with Gasteiger partial charge in [0.05, 0.1) is 5.56 Å². The predicted molar refractivity (Wildman–Crippen MR) is 64.6 cm³/mol. The fourth-order valence-corrected chi connectivity index (χ4v) is 2.41. The van der Waals surface area contributed by atoms with Crippen LogP contribution >= 0.6 is 0 Å². The van der Waals surface area contributed by atoms with Gasteiger partial charge in [-0.2, -0.15) is 13.2 Å². The summed E-state index contributed by atoms with van der Waals surface area (Å²) in [5.74, 6) is -1.59. The Kier molecular flexibility index (Phi) is 4.74. The largest absolute Gasteiger partial charge is 0.417 e. The van der Waals surface area contributed by atoms with Gasteiger partial charge in [-0.25, -0.2) is 13.4 Å². The zero-order chi connectivity index (χ0) is 15.6. The lowest BCUT2D eigenvalue weighted by molar-refractivity contribution is -0.137. The molecule has 0 saturated heterocycles. The van der Waals surface area contributed by atoms with Gasteiger partial charge in [-0.1, -0.05) is 0 Å². The van der Waals surface area contributed by atoms with Crippen LogP contribution in [-0.2, 0) is 20.8 Å². The van der Waals surface area contributed by atoms with Crippen LogP contribution in [0.3, 0.4) is 0 Å². The number of carbonyl (C=O) groups excluding carboxylic acids is 1. The van der Waals surface area contributed by atoms with E-state index in [0.29, 0.717) is 12.3 Å². The van der Waals surface area contributed by atoms with Crippen LogP contribution in [0.1, 0.15) is 19.4 Å². The molecule has 0 unspecified atom stereocenters. The molecule has 0 atom stereocenters. The molecule has 1 heterocycles. The molecular weight excluding hydrogens is 297 g/mol. The lowest BCUT2D eigenvalue weighted by Gasteiger charge is -2.09. The first-order valence-corrected chi connectivity index (χ1v) is 7.23. The molecule has 0 aliphatic carbocycles. The number of pyridine rings is 1. The molecule has 0 radical (unpaired) electrons. The van der Waals surface area contributed by atoms with Crippen LogP contribution in [0, 0.1) is 0 Å². The van der Waals surface area contributed by atoms with Crippen molar-refractivity contribution < 1.29 is 26.4 Å². The summed E-state index contributed by atoms with van der Waals surface area (Å²) in [6.45, 7) is 3.31. The highest BCUT2D eigenvalue weighted by atomic mass is 32.2. The van der Waals surface area contributed by atoms with E-state index in [0.717, 1.165) is 6.07 Å². The molecule has 0 aromatic carbocycles. The highest BCUT2D eigenvalue weighted by Crippen LogP contribution is 2.28. The summed E-state index contributed by atoms with van der Waals surface area (Å²) in [4.78, 5) is 14.6. The Morgan fingerprint density at radius 3 is 2.35 bits per heavy atom. The number of nitrogens with zero attached hydrogens (tertiary/aromatic N) is 1.